The number of nitrogens with one attached hydrogen (secondary N) is 1. The van der Waals surface area contributed by atoms with Gasteiger partial charge in [0.15, 0.2) is 0 Å². The molecule has 0 unspecified atom stereocenters. The van der Waals surface area contributed by atoms with Crippen molar-refractivity contribution in [3.63, 3.8) is 0 Å². The molecular weight excluding hydrogens is 180 g/mol. The molecule has 72 valence electrons. The van der Waals surface area contributed by atoms with E-state index in [4.69, 9.17) is 0 Å². The molecule has 0 atom stereocenters. The van der Waals surface area contributed by atoms with Gasteiger partial charge in [-0.25, -0.2) is 4.98 Å². The molecule has 1 heterocycles. The topological polar surface area (TPSA) is 24.9 Å². The van der Waals surface area contributed by atoms with E-state index in [-0.39, 0.29) is 5.54 Å². The highest BCUT2D eigenvalue weighted by Crippen LogP contribution is 2.42. The number of hydrogen-bond acceptors (Lipinski definition) is 3. The van der Waals surface area contributed by atoms with Gasteiger partial charge in [0, 0.05) is 11.1 Å². The summed E-state index contributed by atoms with van der Waals surface area (Å²) >= 11 is 1.80. The summed E-state index contributed by atoms with van der Waals surface area (Å²) in [6.45, 7) is 5.28. The summed E-state index contributed by atoms with van der Waals surface area (Å²) in [5.41, 5.74) is 1.40. The van der Waals surface area contributed by atoms with Crippen LogP contribution < -0.4 is 5.32 Å². The Morgan fingerprint density at radius 1 is 1.62 bits per heavy atom. The smallest absolute Gasteiger partial charge is 0.113 e. The summed E-state index contributed by atoms with van der Waals surface area (Å²) in [6.07, 6.45) is 3.85. The van der Waals surface area contributed by atoms with Gasteiger partial charge < -0.3 is 5.32 Å². The zero-order valence-electron chi connectivity index (χ0n) is 8.26. The van der Waals surface area contributed by atoms with E-state index in [0.717, 1.165) is 12.2 Å². The quantitative estimate of drug-likeness (QED) is 0.803. The maximum Gasteiger partial charge on any atom is 0.113 e. The van der Waals surface area contributed by atoms with Crippen LogP contribution in [0, 0.1) is 6.92 Å². The Morgan fingerprint density at radius 2 is 2.38 bits per heavy atom. The lowest BCUT2D eigenvalue weighted by Gasteiger charge is -2.40. The Labute approximate surface area is 83.4 Å². The van der Waals surface area contributed by atoms with Gasteiger partial charge in [-0.05, 0) is 32.7 Å². The molecule has 0 aliphatic heterocycles. The highest BCUT2D eigenvalue weighted by Gasteiger charge is 2.40. The number of hydrogen-bond donors (Lipinski definition) is 1. The van der Waals surface area contributed by atoms with Crippen LogP contribution in [0.3, 0.4) is 0 Å². The van der Waals surface area contributed by atoms with E-state index in [9.17, 15) is 0 Å². The molecule has 1 aromatic heterocycles. The van der Waals surface area contributed by atoms with Crippen LogP contribution in [0.15, 0.2) is 5.38 Å². The predicted molar refractivity (Wildman–Crippen MR) is 56.1 cm³/mol. The number of thiazole rings is 1. The van der Waals surface area contributed by atoms with E-state index in [1.165, 1.54) is 24.3 Å². The van der Waals surface area contributed by atoms with E-state index in [1.54, 1.807) is 11.3 Å². The van der Waals surface area contributed by atoms with Gasteiger partial charge in [-0.1, -0.05) is 6.92 Å². The van der Waals surface area contributed by atoms with Gasteiger partial charge in [0.2, 0.25) is 0 Å². The fourth-order valence-corrected chi connectivity index (χ4v) is 2.94. The molecule has 1 saturated carbocycles. The van der Waals surface area contributed by atoms with Gasteiger partial charge in [-0.2, -0.15) is 0 Å². The third kappa shape index (κ3) is 1.51. The van der Waals surface area contributed by atoms with Gasteiger partial charge in [-0.15, -0.1) is 11.3 Å². The molecule has 0 radical (unpaired) electrons. The lowest BCUT2D eigenvalue weighted by molar-refractivity contribution is 0.189. The van der Waals surface area contributed by atoms with E-state index in [2.05, 4.69) is 29.5 Å². The molecule has 13 heavy (non-hydrogen) atoms. The fraction of sp³-hybridized carbons (Fsp3) is 0.700. The van der Waals surface area contributed by atoms with Crippen molar-refractivity contribution in [2.45, 2.75) is 38.6 Å². The average molecular weight is 196 g/mol. The molecule has 2 nitrogen and oxygen atoms in total. The number of nitrogens with zero attached hydrogens (tertiary/aromatic N) is 1. The Kier molecular flexibility index (Phi) is 2.39. The first-order valence-electron chi connectivity index (χ1n) is 4.94. The van der Waals surface area contributed by atoms with E-state index in [0.29, 0.717) is 0 Å². The minimum atomic E-state index is 0.244. The molecule has 0 saturated heterocycles. The molecule has 1 fully saturated rings. The minimum absolute atomic E-state index is 0.244. The van der Waals surface area contributed by atoms with Crippen LogP contribution >= 0.6 is 11.3 Å². The zero-order chi connectivity index (χ0) is 9.31. The van der Waals surface area contributed by atoms with Crippen LogP contribution in [-0.4, -0.2) is 11.5 Å². The first kappa shape index (κ1) is 9.16. The summed E-state index contributed by atoms with van der Waals surface area (Å²) < 4.78 is 0. The van der Waals surface area contributed by atoms with E-state index < -0.39 is 0 Å². The summed E-state index contributed by atoms with van der Waals surface area (Å²) in [6, 6.07) is 0. The Hall–Kier alpha value is -0.410. The molecule has 0 bridgehead atoms. The second kappa shape index (κ2) is 3.39. The Bertz CT molecular complexity index is 289. The van der Waals surface area contributed by atoms with Gasteiger partial charge in [-0.3, -0.25) is 0 Å². The van der Waals surface area contributed by atoms with Crippen molar-refractivity contribution in [3.05, 3.63) is 16.1 Å². The maximum absolute atomic E-state index is 4.58. The number of rotatable bonds is 3. The lowest BCUT2D eigenvalue weighted by atomic mass is 9.77. The Balaban J connectivity index is 2.21. The predicted octanol–water partition coefficient (Wildman–Crippen LogP) is 2.44. The molecule has 1 N–H and O–H groups in total. The van der Waals surface area contributed by atoms with E-state index >= 15 is 0 Å². The van der Waals surface area contributed by atoms with E-state index in [1.807, 2.05) is 0 Å². The molecule has 0 aromatic carbocycles. The van der Waals surface area contributed by atoms with Crippen molar-refractivity contribution < 1.29 is 0 Å². The van der Waals surface area contributed by atoms with Crippen LogP contribution in [-0.2, 0) is 5.54 Å². The highest BCUT2D eigenvalue weighted by atomic mass is 32.1. The van der Waals surface area contributed by atoms with Crippen molar-refractivity contribution in [2.24, 2.45) is 0 Å². The van der Waals surface area contributed by atoms with Crippen LogP contribution in [0.5, 0.6) is 0 Å². The van der Waals surface area contributed by atoms with Crippen LogP contribution in [0.25, 0.3) is 0 Å². The van der Waals surface area contributed by atoms with Gasteiger partial charge in [0.05, 0.1) is 5.54 Å². The molecule has 1 aliphatic rings. The second-order valence-electron chi connectivity index (χ2n) is 3.76. The van der Waals surface area contributed by atoms with Crippen molar-refractivity contribution in [1.82, 2.24) is 10.3 Å². The second-order valence-corrected chi connectivity index (χ2v) is 4.62. The normalized spacial score (nSPS) is 19.8. The standard InChI is InChI=1S/C10H16N2S/c1-3-11-10(5-4-6-10)9-12-8(2)7-13-9/h7,11H,3-6H2,1-2H3. The average Bonchev–Trinajstić information content (AvgIpc) is 2.44. The largest absolute Gasteiger partial charge is 0.306 e. The van der Waals surface area contributed by atoms with Crippen LogP contribution in [0.1, 0.15) is 36.9 Å². The molecule has 0 amide bonds. The molecule has 1 aliphatic carbocycles. The lowest BCUT2D eigenvalue weighted by Crippen LogP contribution is -2.47. The van der Waals surface area contributed by atoms with Gasteiger partial charge in [0.1, 0.15) is 5.01 Å². The summed E-state index contributed by atoms with van der Waals surface area (Å²) in [4.78, 5) is 4.58. The van der Waals surface area contributed by atoms with Crippen LogP contribution in [0.2, 0.25) is 0 Å². The molecule has 1 aromatic rings. The van der Waals surface area contributed by atoms with Gasteiger partial charge in [0.25, 0.3) is 0 Å². The summed E-state index contributed by atoms with van der Waals surface area (Å²) in [7, 11) is 0. The first-order chi connectivity index (χ1) is 6.27. The third-order valence-corrected chi connectivity index (χ3v) is 3.91. The maximum atomic E-state index is 4.58. The SMILES string of the molecule is CCNC1(c2nc(C)cs2)CCC1. The fourth-order valence-electron chi connectivity index (χ4n) is 1.91. The van der Waals surface area contributed by atoms with Crippen molar-refractivity contribution in [2.75, 3.05) is 6.54 Å². The van der Waals surface area contributed by atoms with Crippen molar-refractivity contribution in [3.8, 4) is 0 Å². The molecule has 3 heteroatoms. The van der Waals surface area contributed by atoms with Crippen molar-refractivity contribution in [1.29, 1.82) is 0 Å². The molecule has 0 spiro atoms. The number of aryl methyl sites for hydroxylation is 1. The summed E-state index contributed by atoms with van der Waals surface area (Å²) in [5.74, 6) is 0. The van der Waals surface area contributed by atoms with Crippen LogP contribution in [0.4, 0.5) is 0 Å². The van der Waals surface area contributed by atoms with Crippen molar-refractivity contribution >= 4 is 11.3 Å². The molecule has 2 rings (SSSR count). The monoisotopic (exact) mass is 196 g/mol. The number of aromatic nitrogens is 1. The zero-order valence-corrected chi connectivity index (χ0v) is 9.08. The Morgan fingerprint density at radius 3 is 2.77 bits per heavy atom. The first-order valence-corrected chi connectivity index (χ1v) is 5.82. The minimum Gasteiger partial charge on any atom is -0.306 e. The third-order valence-electron chi connectivity index (χ3n) is 2.75. The summed E-state index contributed by atoms with van der Waals surface area (Å²) in [5, 5.41) is 7.01. The van der Waals surface area contributed by atoms with Gasteiger partial charge >= 0.3 is 0 Å². The molecular formula is C10H16N2S. The highest BCUT2D eigenvalue weighted by molar-refractivity contribution is 7.09.